The number of amides is 3. The van der Waals surface area contributed by atoms with Crippen molar-refractivity contribution in [3.05, 3.63) is 0 Å². The molecule has 0 radical (unpaired) electrons. The van der Waals surface area contributed by atoms with E-state index in [1.54, 1.807) is 0 Å². The normalized spacial score (nSPS) is 21.1. The number of aliphatic hydroxyl groups excluding tert-OH is 1. The number of urea groups is 1. The van der Waals surface area contributed by atoms with Gasteiger partial charge >= 0.3 is 6.03 Å². The highest BCUT2D eigenvalue weighted by Gasteiger charge is 2.37. The van der Waals surface area contributed by atoms with Gasteiger partial charge in [0.05, 0.1) is 12.6 Å². The minimum Gasteiger partial charge on any atom is -0.390 e. The van der Waals surface area contributed by atoms with E-state index in [1.165, 1.54) is 0 Å². The van der Waals surface area contributed by atoms with Gasteiger partial charge in [0.2, 0.25) is 0 Å². The van der Waals surface area contributed by atoms with Crippen LogP contribution in [0.15, 0.2) is 0 Å². The monoisotopic (exact) mass is 271 g/mol. The third kappa shape index (κ3) is 4.80. The van der Waals surface area contributed by atoms with Gasteiger partial charge in [0.15, 0.2) is 0 Å². The number of hydrogen-bond acceptors (Lipinski definition) is 4. The third-order valence-electron chi connectivity index (χ3n) is 3.01. The maximum atomic E-state index is 11.9. The Balaban J connectivity index is 2.39. The van der Waals surface area contributed by atoms with E-state index in [1.807, 2.05) is 6.92 Å². The second-order valence-electron chi connectivity index (χ2n) is 5.45. The van der Waals surface area contributed by atoms with Crippen LogP contribution >= 0.6 is 0 Å². The Morgan fingerprint density at radius 1 is 1.37 bits per heavy atom. The Hall–Kier alpha value is -1.14. The first-order chi connectivity index (χ1) is 8.95. The molecule has 0 aromatic heterocycles. The van der Waals surface area contributed by atoms with Gasteiger partial charge in [-0.25, -0.2) is 4.79 Å². The molecule has 0 spiro atoms. The fourth-order valence-electron chi connectivity index (χ4n) is 2.05. The number of nitrogens with one attached hydrogen (secondary N) is 2. The highest BCUT2D eigenvalue weighted by molar-refractivity contribution is 6.04. The molecule has 0 aliphatic carbocycles. The molecule has 19 heavy (non-hydrogen) atoms. The fourth-order valence-corrected chi connectivity index (χ4v) is 2.05. The average Bonchev–Trinajstić information content (AvgIpc) is 2.57. The van der Waals surface area contributed by atoms with Crippen molar-refractivity contribution in [2.45, 2.75) is 45.8 Å². The van der Waals surface area contributed by atoms with Crippen LogP contribution in [0, 0.1) is 5.92 Å². The summed E-state index contributed by atoms with van der Waals surface area (Å²) < 4.78 is 0. The second kappa shape index (κ2) is 7.45. The Kier molecular flexibility index (Phi) is 6.24. The fraction of sp³-hybridized carbons (Fsp3) is 0.846. The first kappa shape index (κ1) is 15.9. The molecule has 3 amide bonds. The Labute approximate surface area is 114 Å². The lowest BCUT2D eigenvalue weighted by molar-refractivity contribution is -0.128. The van der Waals surface area contributed by atoms with Crippen LogP contribution in [-0.4, -0.2) is 53.7 Å². The molecule has 1 heterocycles. The quantitative estimate of drug-likeness (QED) is 0.555. The van der Waals surface area contributed by atoms with E-state index in [2.05, 4.69) is 24.5 Å². The van der Waals surface area contributed by atoms with Gasteiger partial charge in [-0.3, -0.25) is 9.69 Å². The zero-order chi connectivity index (χ0) is 14.4. The number of hydrogen-bond donors (Lipinski definition) is 3. The molecule has 3 N–H and O–H groups in total. The molecule has 1 fully saturated rings. The van der Waals surface area contributed by atoms with Gasteiger partial charge in [-0.05, 0) is 18.9 Å². The maximum absolute atomic E-state index is 11.9. The predicted octanol–water partition coefficient (Wildman–Crippen LogP) is 0.313. The Bertz CT molecular complexity index is 320. The van der Waals surface area contributed by atoms with Gasteiger partial charge in [-0.1, -0.05) is 27.2 Å². The summed E-state index contributed by atoms with van der Waals surface area (Å²) in [6.45, 7) is 7.35. The van der Waals surface area contributed by atoms with E-state index >= 15 is 0 Å². The summed E-state index contributed by atoms with van der Waals surface area (Å²) in [5, 5.41) is 15.6. The summed E-state index contributed by atoms with van der Waals surface area (Å²) in [7, 11) is 0. The zero-order valence-electron chi connectivity index (χ0n) is 12.0. The third-order valence-corrected chi connectivity index (χ3v) is 3.01. The number of imide groups is 1. The molecule has 2 unspecified atom stereocenters. The van der Waals surface area contributed by atoms with Crippen molar-refractivity contribution in [2.75, 3.05) is 19.6 Å². The highest BCUT2D eigenvalue weighted by atomic mass is 16.3. The molecule has 1 aliphatic heterocycles. The lowest BCUT2D eigenvalue weighted by atomic mass is 10.1. The Morgan fingerprint density at radius 3 is 2.63 bits per heavy atom. The van der Waals surface area contributed by atoms with E-state index in [0.29, 0.717) is 18.9 Å². The zero-order valence-corrected chi connectivity index (χ0v) is 12.0. The molecule has 0 aromatic rings. The maximum Gasteiger partial charge on any atom is 0.324 e. The molecule has 110 valence electrons. The molecule has 0 saturated carbocycles. The topological polar surface area (TPSA) is 81.7 Å². The number of carbonyl (C=O) groups excluding carboxylic acids is 2. The molecule has 0 bridgehead atoms. The van der Waals surface area contributed by atoms with Crippen LogP contribution in [0.25, 0.3) is 0 Å². The van der Waals surface area contributed by atoms with Crippen LogP contribution in [0.4, 0.5) is 4.79 Å². The molecule has 6 nitrogen and oxygen atoms in total. The van der Waals surface area contributed by atoms with Crippen LogP contribution < -0.4 is 10.6 Å². The summed E-state index contributed by atoms with van der Waals surface area (Å²) in [6.07, 6.45) is 0.750. The second-order valence-corrected chi connectivity index (χ2v) is 5.45. The average molecular weight is 271 g/mol. The van der Waals surface area contributed by atoms with E-state index < -0.39 is 18.2 Å². The molecular formula is C13H25N3O3. The number of β-amino-alcohol motifs (C(OH)–C–C–N with tert-alkyl or cyclic N) is 1. The van der Waals surface area contributed by atoms with E-state index in [0.717, 1.165) is 17.9 Å². The van der Waals surface area contributed by atoms with Gasteiger partial charge in [-0.2, -0.15) is 0 Å². The lowest BCUT2D eigenvalue weighted by Crippen LogP contribution is -2.42. The van der Waals surface area contributed by atoms with Gasteiger partial charge in [-0.15, -0.1) is 0 Å². The molecule has 0 aromatic carbocycles. The summed E-state index contributed by atoms with van der Waals surface area (Å²) in [5.41, 5.74) is 0. The first-order valence-corrected chi connectivity index (χ1v) is 6.96. The summed E-state index contributed by atoms with van der Waals surface area (Å²) in [6, 6.07) is -0.820. The number of carbonyl (C=O) groups is 2. The van der Waals surface area contributed by atoms with Crippen molar-refractivity contribution < 1.29 is 14.7 Å². The SMILES string of the molecule is CCCC1NC(=O)N(CC(O)CNCC(C)C)C1=O. The van der Waals surface area contributed by atoms with Crippen LogP contribution in [0.1, 0.15) is 33.6 Å². The molecule has 1 rings (SSSR count). The van der Waals surface area contributed by atoms with Gasteiger partial charge in [0.25, 0.3) is 5.91 Å². The minimum absolute atomic E-state index is 0.0516. The molecule has 1 aliphatic rings. The highest BCUT2D eigenvalue weighted by Crippen LogP contribution is 2.11. The van der Waals surface area contributed by atoms with Crippen molar-refractivity contribution in [1.82, 2.24) is 15.5 Å². The largest absolute Gasteiger partial charge is 0.390 e. The van der Waals surface area contributed by atoms with Crippen LogP contribution in [-0.2, 0) is 4.79 Å². The smallest absolute Gasteiger partial charge is 0.324 e. The Morgan fingerprint density at radius 2 is 2.05 bits per heavy atom. The standard InChI is InChI=1S/C13H25N3O3/c1-4-5-11-12(18)16(13(19)15-11)8-10(17)7-14-6-9(2)3/h9-11,14,17H,4-8H2,1-3H3,(H,15,19). The number of rotatable bonds is 8. The van der Waals surface area contributed by atoms with Crippen LogP contribution in [0.5, 0.6) is 0 Å². The van der Waals surface area contributed by atoms with Crippen LogP contribution in [0.2, 0.25) is 0 Å². The molecule has 1 saturated heterocycles. The van der Waals surface area contributed by atoms with E-state index in [9.17, 15) is 14.7 Å². The number of nitrogens with zero attached hydrogens (tertiary/aromatic N) is 1. The summed E-state index contributed by atoms with van der Waals surface area (Å²) in [4.78, 5) is 24.7. The van der Waals surface area contributed by atoms with Crippen molar-refractivity contribution in [1.29, 1.82) is 0 Å². The van der Waals surface area contributed by atoms with Gasteiger partial charge in [0, 0.05) is 6.54 Å². The summed E-state index contributed by atoms with van der Waals surface area (Å²) >= 11 is 0. The first-order valence-electron chi connectivity index (χ1n) is 6.96. The van der Waals surface area contributed by atoms with Gasteiger partial charge < -0.3 is 15.7 Å². The predicted molar refractivity (Wildman–Crippen MR) is 72.7 cm³/mol. The molecule has 2 atom stereocenters. The van der Waals surface area contributed by atoms with Crippen molar-refractivity contribution in [3.63, 3.8) is 0 Å². The molecular weight excluding hydrogens is 246 g/mol. The van der Waals surface area contributed by atoms with E-state index in [-0.39, 0.29) is 12.5 Å². The van der Waals surface area contributed by atoms with Crippen molar-refractivity contribution in [2.24, 2.45) is 5.92 Å². The van der Waals surface area contributed by atoms with Gasteiger partial charge in [0.1, 0.15) is 6.04 Å². The lowest BCUT2D eigenvalue weighted by Gasteiger charge is -2.18. The molecule has 6 heteroatoms. The number of aliphatic hydroxyl groups is 1. The minimum atomic E-state index is -0.728. The summed E-state index contributed by atoms with van der Waals surface area (Å²) in [5.74, 6) is 0.271. The van der Waals surface area contributed by atoms with Crippen molar-refractivity contribution >= 4 is 11.9 Å². The van der Waals surface area contributed by atoms with Crippen molar-refractivity contribution in [3.8, 4) is 0 Å². The van der Waals surface area contributed by atoms with Crippen LogP contribution in [0.3, 0.4) is 0 Å². The van der Waals surface area contributed by atoms with E-state index in [4.69, 9.17) is 0 Å².